The van der Waals surface area contributed by atoms with E-state index >= 15 is 0 Å². The molecule has 3 aromatic carbocycles. The SMILES string of the molecule is C=Cc1ccc(-c2ccc(OC(=O)C3CCC(c4ccc(C5CO5)c(F)c4)CC3)c(F)c2F)cc1. The van der Waals surface area contributed by atoms with Crippen LogP contribution in [-0.2, 0) is 9.53 Å². The Morgan fingerprint density at radius 1 is 0.943 bits per heavy atom. The maximum absolute atomic E-state index is 14.8. The number of carbonyl (C=O) groups excluding carboxylic acids is 1. The predicted octanol–water partition coefficient (Wildman–Crippen LogP) is 7.36. The lowest BCUT2D eigenvalue weighted by Gasteiger charge is -2.27. The Hall–Kier alpha value is -3.38. The minimum absolute atomic E-state index is 0.0879. The van der Waals surface area contributed by atoms with Crippen LogP contribution in [0.15, 0.2) is 61.2 Å². The number of benzene rings is 3. The first-order valence-corrected chi connectivity index (χ1v) is 11.8. The van der Waals surface area contributed by atoms with Crippen LogP contribution in [0.2, 0.25) is 0 Å². The highest BCUT2D eigenvalue weighted by molar-refractivity contribution is 5.76. The Labute approximate surface area is 202 Å². The fourth-order valence-electron chi connectivity index (χ4n) is 4.77. The summed E-state index contributed by atoms with van der Waals surface area (Å²) in [6.07, 6.45) is 3.98. The third-order valence-electron chi connectivity index (χ3n) is 6.95. The van der Waals surface area contributed by atoms with Crippen molar-refractivity contribution in [1.29, 1.82) is 0 Å². The van der Waals surface area contributed by atoms with Crippen LogP contribution < -0.4 is 4.74 Å². The number of carbonyl (C=O) groups is 1. The minimum atomic E-state index is -1.19. The molecule has 0 aromatic heterocycles. The molecule has 0 radical (unpaired) electrons. The molecule has 2 aliphatic rings. The largest absolute Gasteiger partial charge is 0.423 e. The Balaban J connectivity index is 1.22. The lowest BCUT2D eigenvalue weighted by Crippen LogP contribution is -2.25. The van der Waals surface area contributed by atoms with Crippen LogP contribution in [0.5, 0.6) is 5.75 Å². The maximum Gasteiger partial charge on any atom is 0.314 e. The summed E-state index contributed by atoms with van der Waals surface area (Å²) in [6, 6.07) is 14.8. The number of epoxide rings is 1. The highest BCUT2D eigenvalue weighted by Gasteiger charge is 2.31. The summed E-state index contributed by atoms with van der Waals surface area (Å²) in [6.45, 7) is 4.23. The number of rotatable bonds is 6. The van der Waals surface area contributed by atoms with Gasteiger partial charge in [0.25, 0.3) is 0 Å². The van der Waals surface area contributed by atoms with E-state index in [9.17, 15) is 18.0 Å². The van der Waals surface area contributed by atoms with E-state index in [0.29, 0.717) is 43.4 Å². The number of ether oxygens (including phenoxy) is 2. The van der Waals surface area contributed by atoms with E-state index in [1.807, 2.05) is 6.07 Å². The van der Waals surface area contributed by atoms with Crippen LogP contribution in [-0.4, -0.2) is 12.6 Å². The zero-order chi connectivity index (χ0) is 24.5. The molecule has 1 aliphatic heterocycles. The molecule has 0 N–H and O–H groups in total. The predicted molar refractivity (Wildman–Crippen MR) is 127 cm³/mol. The van der Waals surface area contributed by atoms with Gasteiger partial charge in [-0.2, -0.15) is 4.39 Å². The third kappa shape index (κ3) is 4.89. The molecular weight excluding hydrogens is 453 g/mol. The van der Waals surface area contributed by atoms with E-state index < -0.39 is 29.3 Å². The summed E-state index contributed by atoms with van der Waals surface area (Å²) < 4.78 is 54.3. The molecule has 0 spiro atoms. The van der Waals surface area contributed by atoms with Gasteiger partial charge in [-0.05, 0) is 66.5 Å². The summed E-state index contributed by atoms with van der Waals surface area (Å²) in [4.78, 5) is 12.7. The molecule has 0 bridgehead atoms. The van der Waals surface area contributed by atoms with Crippen molar-refractivity contribution >= 4 is 12.0 Å². The number of hydrogen-bond donors (Lipinski definition) is 0. The zero-order valence-electron chi connectivity index (χ0n) is 19.1. The van der Waals surface area contributed by atoms with Crippen molar-refractivity contribution in [2.75, 3.05) is 6.61 Å². The summed E-state index contributed by atoms with van der Waals surface area (Å²) in [5, 5.41) is 0. The van der Waals surface area contributed by atoms with Crippen molar-refractivity contribution in [3.05, 3.63) is 95.3 Å². The van der Waals surface area contributed by atoms with Crippen LogP contribution >= 0.6 is 0 Å². The molecule has 35 heavy (non-hydrogen) atoms. The van der Waals surface area contributed by atoms with Gasteiger partial charge in [0.15, 0.2) is 11.6 Å². The minimum Gasteiger partial charge on any atom is -0.423 e. The third-order valence-corrected chi connectivity index (χ3v) is 6.95. The highest BCUT2D eigenvalue weighted by atomic mass is 19.2. The monoisotopic (exact) mass is 478 g/mol. The van der Waals surface area contributed by atoms with Gasteiger partial charge in [-0.3, -0.25) is 4.79 Å². The molecule has 1 saturated carbocycles. The molecule has 1 atom stereocenters. The highest BCUT2D eigenvalue weighted by Crippen LogP contribution is 2.39. The van der Waals surface area contributed by atoms with Crippen LogP contribution in [0, 0.1) is 23.4 Å². The fraction of sp³-hybridized carbons (Fsp3) is 0.276. The van der Waals surface area contributed by atoms with Gasteiger partial charge in [0.05, 0.1) is 12.5 Å². The van der Waals surface area contributed by atoms with Crippen LogP contribution in [0.1, 0.15) is 54.4 Å². The Morgan fingerprint density at radius 2 is 1.66 bits per heavy atom. The van der Waals surface area contributed by atoms with Crippen LogP contribution in [0.4, 0.5) is 13.2 Å². The molecule has 3 aromatic rings. The molecule has 1 unspecified atom stereocenters. The summed E-state index contributed by atoms with van der Waals surface area (Å²) in [5.41, 5.74) is 2.95. The molecule has 0 amide bonds. The Kier molecular flexibility index (Phi) is 6.48. The molecule has 6 heteroatoms. The van der Waals surface area contributed by atoms with Crippen molar-refractivity contribution in [3.8, 4) is 16.9 Å². The van der Waals surface area contributed by atoms with Crippen molar-refractivity contribution in [2.24, 2.45) is 5.92 Å². The van der Waals surface area contributed by atoms with Gasteiger partial charge in [-0.1, -0.05) is 49.1 Å². The Morgan fingerprint density at radius 3 is 2.29 bits per heavy atom. The first-order valence-electron chi connectivity index (χ1n) is 11.8. The molecule has 5 rings (SSSR count). The average Bonchev–Trinajstić information content (AvgIpc) is 3.72. The topological polar surface area (TPSA) is 38.8 Å². The van der Waals surface area contributed by atoms with Crippen LogP contribution in [0.25, 0.3) is 17.2 Å². The summed E-state index contributed by atoms with van der Waals surface area (Å²) in [5.74, 6) is -3.77. The lowest BCUT2D eigenvalue weighted by atomic mass is 9.78. The molecule has 1 aliphatic carbocycles. The Bertz CT molecular complexity index is 1260. The van der Waals surface area contributed by atoms with Gasteiger partial charge < -0.3 is 9.47 Å². The second-order valence-corrected chi connectivity index (χ2v) is 9.14. The van der Waals surface area contributed by atoms with Gasteiger partial charge in [-0.25, -0.2) is 8.78 Å². The number of esters is 1. The average molecular weight is 479 g/mol. The van der Waals surface area contributed by atoms with E-state index in [2.05, 4.69) is 6.58 Å². The molecule has 1 heterocycles. The summed E-state index contributed by atoms with van der Waals surface area (Å²) in [7, 11) is 0. The quantitative estimate of drug-likeness (QED) is 0.211. The van der Waals surface area contributed by atoms with Gasteiger partial charge in [0, 0.05) is 11.1 Å². The van der Waals surface area contributed by atoms with E-state index in [-0.39, 0.29) is 23.4 Å². The summed E-state index contributed by atoms with van der Waals surface area (Å²) >= 11 is 0. The number of hydrogen-bond acceptors (Lipinski definition) is 3. The van der Waals surface area contributed by atoms with Crippen molar-refractivity contribution in [3.63, 3.8) is 0 Å². The molecule has 1 saturated heterocycles. The molecule has 2 fully saturated rings. The van der Waals surface area contributed by atoms with E-state index in [4.69, 9.17) is 9.47 Å². The second kappa shape index (κ2) is 9.70. The van der Waals surface area contributed by atoms with Gasteiger partial charge in [-0.15, -0.1) is 0 Å². The van der Waals surface area contributed by atoms with Crippen molar-refractivity contribution in [1.82, 2.24) is 0 Å². The standard InChI is InChI=1S/C29H25F3O3/c1-2-17-3-5-19(6-4-17)22-13-14-25(28(32)27(22)31)35-29(33)20-9-7-18(8-10-20)21-11-12-23(24(30)15-21)26-16-34-26/h2-6,11-15,18,20,26H,1,7-10,16H2. The first kappa shape index (κ1) is 23.4. The van der Waals surface area contributed by atoms with E-state index in [1.165, 1.54) is 12.1 Å². The molecular formula is C29H25F3O3. The first-order chi connectivity index (χ1) is 16.9. The number of halogens is 3. The van der Waals surface area contributed by atoms with Gasteiger partial charge in [0.2, 0.25) is 5.82 Å². The van der Waals surface area contributed by atoms with Crippen molar-refractivity contribution < 1.29 is 27.4 Å². The van der Waals surface area contributed by atoms with E-state index in [0.717, 1.165) is 11.1 Å². The maximum atomic E-state index is 14.8. The molecule has 3 nitrogen and oxygen atoms in total. The second-order valence-electron chi connectivity index (χ2n) is 9.14. The smallest absolute Gasteiger partial charge is 0.314 e. The zero-order valence-corrected chi connectivity index (χ0v) is 19.1. The normalized spacial score (nSPS) is 21.4. The van der Waals surface area contributed by atoms with Gasteiger partial charge >= 0.3 is 5.97 Å². The van der Waals surface area contributed by atoms with Gasteiger partial charge in [0.1, 0.15) is 11.9 Å². The van der Waals surface area contributed by atoms with Crippen LogP contribution in [0.3, 0.4) is 0 Å². The van der Waals surface area contributed by atoms with E-state index in [1.54, 1.807) is 42.5 Å². The lowest BCUT2D eigenvalue weighted by molar-refractivity contribution is -0.140. The molecule has 180 valence electrons. The fourth-order valence-corrected chi connectivity index (χ4v) is 4.77. The van der Waals surface area contributed by atoms with Crippen molar-refractivity contribution in [2.45, 2.75) is 37.7 Å².